The largest absolute Gasteiger partial charge is 0.462 e. The fraction of sp³-hybridized carbons (Fsp3) is 0.692. The number of rotatable bonds is 13. The number of aliphatic hydroxyl groups excluding tert-OH is 5. The zero-order valence-corrected chi connectivity index (χ0v) is 20.1. The fourth-order valence-electron chi connectivity index (χ4n) is 5.70. The summed E-state index contributed by atoms with van der Waals surface area (Å²) < 4.78 is 12.1. The van der Waals surface area contributed by atoms with E-state index in [0.29, 0.717) is 25.0 Å². The SMILES string of the molecule is C=CCc1ccc(O[C@H]2O[C@H]([C@@H](O)CCCO)[C@]3(O)CC[C@H]([C@H](CO)CCCO)[C@@]2(O)[C@H]3O)cc1. The minimum Gasteiger partial charge on any atom is -0.462 e. The van der Waals surface area contributed by atoms with E-state index in [1.807, 2.05) is 12.1 Å². The zero-order valence-electron chi connectivity index (χ0n) is 20.1. The maximum Gasteiger partial charge on any atom is 0.232 e. The van der Waals surface area contributed by atoms with Crippen molar-refractivity contribution in [3.8, 4) is 5.75 Å². The molecule has 198 valence electrons. The second-order valence-corrected chi connectivity index (χ2v) is 9.81. The van der Waals surface area contributed by atoms with Gasteiger partial charge in [0.05, 0.1) is 6.10 Å². The Morgan fingerprint density at radius 3 is 2.34 bits per heavy atom. The number of benzene rings is 1. The Morgan fingerprint density at radius 2 is 1.74 bits per heavy atom. The molecule has 0 spiro atoms. The molecule has 2 fully saturated rings. The average molecular weight is 497 g/mol. The highest BCUT2D eigenvalue weighted by Crippen LogP contribution is 2.53. The van der Waals surface area contributed by atoms with Gasteiger partial charge in [0.2, 0.25) is 6.29 Å². The van der Waals surface area contributed by atoms with Gasteiger partial charge in [-0.25, -0.2) is 0 Å². The average Bonchev–Trinajstić information content (AvgIpc) is 2.85. The van der Waals surface area contributed by atoms with E-state index in [2.05, 4.69) is 6.58 Å². The Bertz CT molecular complexity index is 803. The van der Waals surface area contributed by atoms with E-state index in [4.69, 9.17) is 9.47 Å². The van der Waals surface area contributed by atoms with Crippen LogP contribution in [0.5, 0.6) is 5.75 Å². The lowest BCUT2D eigenvalue weighted by molar-refractivity contribution is -0.390. The molecule has 2 bridgehead atoms. The van der Waals surface area contributed by atoms with Gasteiger partial charge in [-0.3, -0.25) is 0 Å². The third-order valence-electron chi connectivity index (χ3n) is 7.59. The lowest BCUT2D eigenvalue weighted by Gasteiger charge is -2.61. The van der Waals surface area contributed by atoms with Crippen molar-refractivity contribution in [1.82, 2.24) is 0 Å². The van der Waals surface area contributed by atoms with Crippen LogP contribution in [0, 0.1) is 11.8 Å². The Labute approximate surface area is 206 Å². The molecule has 3 rings (SSSR count). The molecule has 35 heavy (non-hydrogen) atoms. The van der Waals surface area contributed by atoms with Crippen LogP contribution in [-0.4, -0.2) is 91.4 Å². The monoisotopic (exact) mass is 496 g/mol. The van der Waals surface area contributed by atoms with Crippen molar-refractivity contribution >= 4 is 0 Å². The molecule has 9 heteroatoms. The van der Waals surface area contributed by atoms with E-state index in [-0.39, 0.29) is 45.5 Å². The first kappa shape index (κ1) is 28.0. The maximum absolute atomic E-state index is 12.0. The molecule has 9 nitrogen and oxygen atoms in total. The van der Waals surface area contributed by atoms with Gasteiger partial charge in [-0.2, -0.15) is 0 Å². The van der Waals surface area contributed by atoms with Crippen LogP contribution >= 0.6 is 0 Å². The van der Waals surface area contributed by atoms with Crippen LogP contribution in [0.2, 0.25) is 0 Å². The molecule has 8 atom stereocenters. The lowest BCUT2D eigenvalue weighted by Crippen LogP contribution is -2.80. The van der Waals surface area contributed by atoms with Crippen molar-refractivity contribution in [3.63, 3.8) is 0 Å². The summed E-state index contributed by atoms with van der Waals surface area (Å²) in [6.45, 7) is 3.19. The summed E-state index contributed by atoms with van der Waals surface area (Å²) in [7, 11) is 0. The molecule has 1 aliphatic carbocycles. The van der Waals surface area contributed by atoms with Crippen molar-refractivity contribution in [2.75, 3.05) is 19.8 Å². The number of aliphatic hydroxyl groups is 7. The molecule has 1 aromatic carbocycles. The quantitative estimate of drug-likeness (QED) is 0.190. The van der Waals surface area contributed by atoms with Gasteiger partial charge in [0, 0.05) is 25.7 Å². The third-order valence-corrected chi connectivity index (χ3v) is 7.59. The molecule has 1 saturated carbocycles. The zero-order chi connectivity index (χ0) is 25.6. The van der Waals surface area contributed by atoms with Crippen LogP contribution in [0.15, 0.2) is 36.9 Å². The first-order valence-electron chi connectivity index (χ1n) is 12.4. The minimum atomic E-state index is -2.09. The molecular formula is C26H40O9. The molecule has 0 radical (unpaired) electrons. The second kappa shape index (κ2) is 12.1. The van der Waals surface area contributed by atoms with Crippen molar-refractivity contribution in [2.24, 2.45) is 11.8 Å². The Morgan fingerprint density at radius 1 is 1.09 bits per heavy atom. The highest BCUT2D eigenvalue weighted by atomic mass is 16.7. The first-order chi connectivity index (χ1) is 16.8. The van der Waals surface area contributed by atoms with Crippen LogP contribution in [0.1, 0.15) is 44.1 Å². The number of hydrogen-bond acceptors (Lipinski definition) is 9. The van der Waals surface area contributed by atoms with E-state index < -0.39 is 47.6 Å². The van der Waals surface area contributed by atoms with Crippen molar-refractivity contribution in [3.05, 3.63) is 42.5 Å². The molecule has 7 N–H and O–H groups in total. The Kier molecular flexibility index (Phi) is 9.70. The number of hydrogen-bond donors (Lipinski definition) is 7. The second-order valence-electron chi connectivity index (χ2n) is 9.81. The lowest BCUT2D eigenvalue weighted by atomic mass is 9.58. The molecule has 1 saturated heterocycles. The van der Waals surface area contributed by atoms with Gasteiger partial charge in [-0.15, -0.1) is 6.58 Å². The maximum atomic E-state index is 12.0. The Hall–Kier alpha value is -1.56. The van der Waals surface area contributed by atoms with Gasteiger partial charge in [0.1, 0.15) is 23.6 Å². The standard InChI is InChI=1S/C26H40O9/c1-2-5-17-8-10-19(11-9-17)34-24-26(33)20(18(16-29)6-3-14-27)12-13-25(32,23(26)31)22(35-24)21(30)7-4-15-28/h2,8-11,18,20-24,27-33H,1,3-7,12-16H2/t18-,20+,21-,22+,23-,24-,25+,26+/m0/s1. The molecular weight excluding hydrogens is 456 g/mol. The van der Waals surface area contributed by atoms with Crippen LogP contribution in [0.3, 0.4) is 0 Å². The number of allylic oxidation sites excluding steroid dienone is 1. The van der Waals surface area contributed by atoms with Crippen LogP contribution in [0.25, 0.3) is 0 Å². The predicted molar refractivity (Wildman–Crippen MR) is 127 cm³/mol. The topological polar surface area (TPSA) is 160 Å². The summed E-state index contributed by atoms with van der Waals surface area (Å²) in [4.78, 5) is 0. The summed E-state index contributed by atoms with van der Waals surface area (Å²) in [5, 5.41) is 74.1. The van der Waals surface area contributed by atoms with Gasteiger partial charge in [0.25, 0.3) is 0 Å². The molecule has 1 aliphatic heterocycles. The molecule has 0 amide bonds. The van der Waals surface area contributed by atoms with E-state index in [1.54, 1.807) is 18.2 Å². The summed E-state index contributed by atoms with van der Waals surface area (Å²) in [5.74, 6) is -0.820. The molecule has 0 unspecified atom stereocenters. The molecule has 0 aromatic heterocycles. The first-order valence-corrected chi connectivity index (χ1v) is 12.4. The van der Waals surface area contributed by atoms with Crippen molar-refractivity contribution in [2.45, 2.75) is 80.7 Å². The van der Waals surface area contributed by atoms with Crippen LogP contribution < -0.4 is 4.74 Å². The smallest absolute Gasteiger partial charge is 0.232 e. The van der Waals surface area contributed by atoms with Gasteiger partial charge in [-0.05, 0) is 68.6 Å². The predicted octanol–water partition coefficient (Wildman–Crippen LogP) is 0.266. The van der Waals surface area contributed by atoms with Crippen molar-refractivity contribution in [1.29, 1.82) is 0 Å². The third kappa shape index (κ3) is 5.57. The fourth-order valence-corrected chi connectivity index (χ4v) is 5.70. The van der Waals surface area contributed by atoms with Crippen LogP contribution in [0.4, 0.5) is 0 Å². The van der Waals surface area contributed by atoms with Gasteiger partial charge in [0.15, 0.2) is 5.60 Å². The van der Waals surface area contributed by atoms with Crippen LogP contribution in [-0.2, 0) is 11.2 Å². The van der Waals surface area contributed by atoms with E-state index in [9.17, 15) is 35.7 Å². The summed E-state index contributed by atoms with van der Waals surface area (Å²) in [6, 6.07) is 7.06. The molecule has 1 heterocycles. The summed E-state index contributed by atoms with van der Waals surface area (Å²) in [6.07, 6.45) is -1.77. The highest BCUT2D eigenvalue weighted by Gasteiger charge is 2.70. The Balaban J connectivity index is 1.97. The minimum absolute atomic E-state index is 0.0284. The number of ether oxygens (including phenoxy) is 2. The highest BCUT2D eigenvalue weighted by molar-refractivity contribution is 5.29. The van der Waals surface area contributed by atoms with Gasteiger partial charge in [-0.1, -0.05) is 18.2 Å². The van der Waals surface area contributed by atoms with Gasteiger partial charge >= 0.3 is 0 Å². The molecule has 1 aromatic rings. The van der Waals surface area contributed by atoms with E-state index in [0.717, 1.165) is 5.56 Å². The summed E-state index contributed by atoms with van der Waals surface area (Å²) in [5.41, 5.74) is -3.05. The molecule has 2 aliphatic rings. The van der Waals surface area contributed by atoms with Gasteiger partial charge < -0.3 is 45.2 Å². The number of fused-ring (bicyclic) bond motifs is 2. The van der Waals surface area contributed by atoms with E-state index >= 15 is 0 Å². The summed E-state index contributed by atoms with van der Waals surface area (Å²) >= 11 is 0. The normalized spacial score (nSPS) is 34.3. The van der Waals surface area contributed by atoms with Crippen molar-refractivity contribution < 1.29 is 45.2 Å². The van der Waals surface area contributed by atoms with E-state index in [1.165, 1.54) is 0 Å².